The molecule has 0 aliphatic carbocycles. The molecule has 2 N–H and O–H groups in total. The molecule has 94 valence electrons. The molecule has 2 nitrogen and oxygen atoms in total. The first-order valence-corrected chi connectivity index (χ1v) is 7.51. The van der Waals surface area contributed by atoms with Gasteiger partial charge in [-0.2, -0.15) is 11.8 Å². The topological polar surface area (TPSA) is 32.3 Å². The monoisotopic (exact) mass is 251 g/mol. The number of benzene rings is 1. The van der Waals surface area contributed by atoms with Gasteiger partial charge >= 0.3 is 0 Å². The summed E-state index contributed by atoms with van der Waals surface area (Å²) in [5.41, 5.74) is 2.28. The third kappa shape index (κ3) is 4.34. The lowest BCUT2D eigenvalue weighted by molar-refractivity contribution is 0.282. The molecule has 1 aromatic rings. The van der Waals surface area contributed by atoms with Gasteiger partial charge in [0.15, 0.2) is 0 Å². The molecule has 1 aliphatic rings. The SMILES string of the molecule is OCc1ccc(CNCC2CCSCC2)cc1. The average Bonchev–Trinajstić information content (AvgIpc) is 2.41. The van der Waals surface area contributed by atoms with Gasteiger partial charge in [0, 0.05) is 6.54 Å². The van der Waals surface area contributed by atoms with Crippen LogP contribution in [0.15, 0.2) is 24.3 Å². The van der Waals surface area contributed by atoms with Gasteiger partial charge < -0.3 is 10.4 Å². The van der Waals surface area contributed by atoms with E-state index in [1.165, 1.54) is 29.9 Å². The van der Waals surface area contributed by atoms with Gasteiger partial charge in [-0.25, -0.2) is 0 Å². The summed E-state index contributed by atoms with van der Waals surface area (Å²) in [6.45, 7) is 2.21. The molecule has 0 radical (unpaired) electrons. The number of nitrogens with one attached hydrogen (secondary N) is 1. The molecule has 0 saturated carbocycles. The molecule has 1 saturated heterocycles. The van der Waals surface area contributed by atoms with Crippen LogP contribution in [-0.2, 0) is 13.2 Å². The molecule has 1 fully saturated rings. The number of aliphatic hydroxyl groups is 1. The van der Waals surface area contributed by atoms with E-state index in [1.807, 2.05) is 12.1 Å². The Labute approximate surface area is 108 Å². The summed E-state index contributed by atoms with van der Waals surface area (Å²) in [5, 5.41) is 12.5. The van der Waals surface area contributed by atoms with Crippen molar-refractivity contribution >= 4 is 11.8 Å². The van der Waals surface area contributed by atoms with E-state index < -0.39 is 0 Å². The molecule has 1 heterocycles. The maximum absolute atomic E-state index is 8.96. The highest BCUT2D eigenvalue weighted by Crippen LogP contribution is 2.21. The number of hydrogen-bond donors (Lipinski definition) is 2. The maximum Gasteiger partial charge on any atom is 0.0681 e. The van der Waals surface area contributed by atoms with Crippen molar-refractivity contribution in [2.24, 2.45) is 5.92 Å². The Kier molecular flexibility index (Phi) is 5.36. The third-order valence-electron chi connectivity index (χ3n) is 3.31. The minimum absolute atomic E-state index is 0.132. The molecule has 0 unspecified atom stereocenters. The third-order valence-corrected chi connectivity index (χ3v) is 4.36. The van der Waals surface area contributed by atoms with Crippen molar-refractivity contribution in [2.75, 3.05) is 18.1 Å². The van der Waals surface area contributed by atoms with Gasteiger partial charge in [0.25, 0.3) is 0 Å². The molecule has 1 aliphatic heterocycles. The molecule has 2 rings (SSSR count). The summed E-state index contributed by atoms with van der Waals surface area (Å²) in [4.78, 5) is 0. The highest BCUT2D eigenvalue weighted by atomic mass is 32.2. The predicted octanol–water partition coefficient (Wildman–Crippen LogP) is 2.41. The van der Waals surface area contributed by atoms with Crippen LogP contribution in [0.2, 0.25) is 0 Å². The average molecular weight is 251 g/mol. The summed E-state index contributed by atoms with van der Waals surface area (Å²) in [6, 6.07) is 8.17. The zero-order valence-electron chi connectivity index (χ0n) is 10.2. The van der Waals surface area contributed by atoms with Gasteiger partial charge in [-0.05, 0) is 47.9 Å². The lowest BCUT2D eigenvalue weighted by Crippen LogP contribution is -2.25. The Balaban J connectivity index is 1.69. The van der Waals surface area contributed by atoms with Gasteiger partial charge in [-0.3, -0.25) is 0 Å². The Hall–Kier alpha value is -0.510. The first-order chi connectivity index (χ1) is 8.38. The van der Waals surface area contributed by atoms with Gasteiger partial charge in [-0.1, -0.05) is 24.3 Å². The van der Waals surface area contributed by atoms with E-state index in [-0.39, 0.29) is 6.61 Å². The molecule has 3 heteroatoms. The fourth-order valence-corrected chi connectivity index (χ4v) is 3.34. The number of thioether (sulfide) groups is 1. The second-order valence-corrected chi connectivity index (χ2v) is 5.89. The largest absolute Gasteiger partial charge is 0.392 e. The van der Waals surface area contributed by atoms with Crippen LogP contribution in [0, 0.1) is 5.92 Å². The van der Waals surface area contributed by atoms with Crippen molar-refractivity contribution in [1.29, 1.82) is 0 Å². The fraction of sp³-hybridized carbons (Fsp3) is 0.571. The van der Waals surface area contributed by atoms with Crippen LogP contribution >= 0.6 is 11.8 Å². The molecule has 0 atom stereocenters. The lowest BCUT2D eigenvalue weighted by atomic mass is 10.0. The Morgan fingerprint density at radius 1 is 1.12 bits per heavy atom. The second kappa shape index (κ2) is 7.04. The highest BCUT2D eigenvalue weighted by molar-refractivity contribution is 7.99. The lowest BCUT2D eigenvalue weighted by Gasteiger charge is -2.21. The van der Waals surface area contributed by atoms with E-state index in [9.17, 15) is 0 Å². The summed E-state index contributed by atoms with van der Waals surface area (Å²) < 4.78 is 0. The molecule has 0 bridgehead atoms. The molecule has 0 amide bonds. The van der Waals surface area contributed by atoms with Crippen molar-refractivity contribution < 1.29 is 5.11 Å². The second-order valence-electron chi connectivity index (χ2n) is 4.66. The van der Waals surface area contributed by atoms with Crippen LogP contribution in [0.5, 0.6) is 0 Å². The summed E-state index contributed by atoms with van der Waals surface area (Å²) in [5.74, 6) is 3.53. The minimum atomic E-state index is 0.132. The van der Waals surface area contributed by atoms with Crippen molar-refractivity contribution in [2.45, 2.75) is 26.0 Å². The van der Waals surface area contributed by atoms with Crippen LogP contribution in [0.1, 0.15) is 24.0 Å². The van der Waals surface area contributed by atoms with Crippen LogP contribution < -0.4 is 5.32 Å². The van der Waals surface area contributed by atoms with Crippen molar-refractivity contribution in [1.82, 2.24) is 5.32 Å². The van der Waals surface area contributed by atoms with E-state index in [2.05, 4.69) is 29.2 Å². The van der Waals surface area contributed by atoms with Gasteiger partial charge in [0.2, 0.25) is 0 Å². The van der Waals surface area contributed by atoms with Crippen LogP contribution in [0.3, 0.4) is 0 Å². The molecule has 17 heavy (non-hydrogen) atoms. The standard InChI is InChI=1S/C14H21NOS/c16-11-14-3-1-12(2-4-14)9-15-10-13-5-7-17-8-6-13/h1-4,13,15-16H,5-11H2. The Morgan fingerprint density at radius 2 is 1.76 bits per heavy atom. The smallest absolute Gasteiger partial charge is 0.0681 e. The Bertz CT molecular complexity index is 319. The molecule has 0 aromatic heterocycles. The minimum Gasteiger partial charge on any atom is -0.392 e. The highest BCUT2D eigenvalue weighted by Gasteiger charge is 2.12. The number of aliphatic hydroxyl groups excluding tert-OH is 1. The predicted molar refractivity (Wildman–Crippen MR) is 74.1 cm³/mol. The first kappa shape index (κ1) is 12.9. The molecular formula is C14H21NOS. The normalized spacial score (nSPS) is 17.2. The van der Waals surface area contributed by atoms with Crippen LogP contribution in [0.25, 0.3) is 0 Å². The van der Waals surface area contributed by atoms with E-state index in [4.69, 9.17) is 5.11 Å². The zero-order chi connectivity index (χ0) is 11.9. The van der Waals surface area contributed by atoms with E-state index in [0.29, 0.717) is 0 Å². The molecular weight excluding hydrogens is 230 g/mol. The maximum atomic E-state index is 8.96. The van der Waals surface area contributed by atoms with Crippen LogP contribution in [-0.4, -0.2) is 23.2 Å². The Morgan fingerprint density at radius 3 is 2.41 bits per heavy atom. The van der Waals surface area contributed by atoms with Crippen molar-refractivity contribution in [3.05, 3.63) is 35.4 Å². The van der Waals surface area contributed by atoms with Gasteiger partial charge in [-0.15, -0.1) is 0 Å². The van der Waals surface area contributed by atoms with E-state index in [0.717, 1.165) is 24.6 Å². The van der Waals surface area contributed by atoms with E-state index >= 15 is 0 Å². The quantitative estimate of drug-likeness (QED) is 0.843. The van der Waals surface area contributed by atoms with Crippen molar-refractivity contribution in [3.8, 4) is 0 Å². The summed E-state index contributed by atoms with van der Waals surface area (Å²) in [6.07, 6.45) is 2.72. The number of hydrogen-bond acceptors (Lipinski definition) is 3. The van der Waals surface area contributed by atoms with Gasteiger partial charge in [0.05, 0.1) is 6.61 Å². The zero-order valence-corrected chi connectivity index (χ0v) is 11.0. The van der Waals surface area contributed by atoms with Gasteiger partial charge in [0.1, 0.15) is 0 Å². The fourth-order valence-electron chi connectivity index (χ4n) is 2.13. The molecule has 0 spiro atoms. The first-order valence-electron chi connectivity index (χ1n) is 6.35. The number of rotatable bonds is 5. The summed E-state index contributed by atoms with van der Waals surface area (Å²) >= 11 is 2.08. The van der Waals surface area contributed by atoms with E-state index in [1.54, 1.807) is 0 Å². The van der Waals surface area contributed by atoms with Crippen molar-refractivity contribution in [3.63, 3.8) is 0 Å². The summed E-state index contributed by atoms with van der Waals surface area (Å²) in [7, 11) is 0. The van der Waals surface area contributed by atoms with Crippen LogP contribution in [0.4, 0.5) is 0 Å². The molecule has 1 aromatic carbocycles.